The van der Waals surface area contributed by atoms with Gasteiger partial charge in [0.25, 0.3) is 5.91 Å². The van der Waals surface area contributed by atoms with Gasteiger partial charge in [-0.25, -0.2) is 8.42 Å². The topological polar surface area (TPSA) is 113 Å². The molecule has 1 saturated heterocycles. The lowest BCUT2D eigenvalue weighted by molar-refractivity contribution is -0.137. The van der Waals surface area contributed by atoms with Crippen LogP contribution in [0.2, 0.25) is 0 Å². The molecule has 1 heterocycles. The number of rotatable bonds is 6. The van der Waals surface area contributed by atoms with Crippen molar-refractivity contribution in [2.45, 2.75) is 24.6 Å². The molecule has 0 spiro atoms. The Kier molecular flexibility index (Phi) is 6.98. The standard InChI is InChI=1S/C23H27N3O5S/c1-15-7-9-16(10-8-15)17-5-4-6-18(11-17)22(28)25-13-21(27)26-14-19(32(3,30)31)12-20(26)23(29)24-2/h4-11,19-20H,12-14H2,1-3H3,(H,24,29)(H,25,28)/t19?,20-/m0/s1. The van der Waals surface area contributed by atoms with Gasteiger partial charge in [-0.1, -0.05) is 42.0 Å². The lowest BCUT2D eigenvalue weighted by atomic mass is 10.0. The number of amides is 3. The van der Waals surface area contributed by atoms with Crippen molar-refractivity contribution in [3.63, 3.8) is 0 Å². The summed E-state index contributed by atoms with van der Waals surface area (Å²) in [5, 5.41) is 4.24. The fourth-order valence-electron chi connectivity index (χ4n) is 3.74. The Labute approximate surface area is 187 Å². The summed E-state index contributed by atoms with van der Waals surface area (Å²) in [6.07, 6.45) is 1.13. The van der Waals surface area contributed by atoms with E-state index in [9.17, 15) is 22.8 Å². The minimum Gasteiger partial charge on any atom is -0.357 e. The fourth-order valence-corrected chi connectivity index (χ4v) is 4.71. The molecule has 3 amide bonds. The van der Waals surface area contributed by atoms with Crippen LogP contribution >= 0.6 is 0 Å². The van der Waals surface area contributed by atoms with E-state index in [0.717, 1.165) is 22.9 Å². The van der Waals surface area contributed by atoms with Crippen LogP contribution in [0.1, 0.15) is 22.3 Å². The first-order chi connectivity index (χ1) is 15.1. The van der Waals surface area contributed by atoms with E-state index in [4.69, 9.17) is 0 Å². The van der Waals surface area contributed by atoms with Gasteiger partial charge in [-0.3, -0.25) is 14.4 Å². The highest BCUT2D eigenvalue weighted by molar-refractivity contribution is 7.91. The second-order valence-corrected chi connectivity index (χ2v) is 10.3. The third-order valence-corrected chi connectivity index (χ3v) is 7.20. The average molecular weight is 458 g/mol. The van der Waals surface area contributed by atoms with Crippen LogP contribution in [0.3, 0.4) is 0 Å². The largest absolute Gasteiger partial charge is 0.357 e. The predicted octanol–water partition coefficient (Wildman–Crippen LogP) is 1.15. The Morgan fingerprint density at radius 3 is 2.38 bits per heavy atom. The maximum absolute atomic E-state index is 12.7. The summed E-state index contributed by atoms with van der Waals surface area (Å²) >= 11 is 0. The number of hydrogen-bond acceptors (Lipinski definition) is 5. The molecule has 0 aliphatic carbocycles. The van der Waals surface area contributed by atoms with E-state index in [-0.39, 0.29) is 19.5 Å². The van der Waals surface area contributed by atoms with Gasteiger partial charge < -0.3 is 15.5 Å². The number of sulfone groups is 1. The van der Waals surface area contributed by atoms with Crippen molar-refractivity contribution in [2.24, 2.45) is 0 Å². The molecule has 170 valence electrons. The number of nitrogens with zero attached hydrogens (tertiary/aromatic N) is 1. The summed E-state index contributed by atoms with van der Waals surface area (Å²) in [6, 6.07) is 14.1. The Hall–Kier alpha value is -3.20. The quantitative estimate of drug-likeness (QED) is 0.676. The number of hydrogen-bond donors (Lipinski definition) is 2. The number of aryl methyl sites for hydroxylation is 1. The highest BCUT2D eigenvalue weighted by Crippen LogP contribution is 2.24. The number of benzene rings is 2. The number of likely N-dealkylation sites (N-methyl/N-ethyl adjacent to an activating group) is 1. The number of carbonyl (C=O) groups excluding carboxylic acids is 3. The molecule has 2 N–H and O–H groups in total. The maximum atomic E-state index is 12.7. The van der Waals surface area contributed by atoms with Gasteiger partial charge in [-0.15, -0.1) is 0 Å². The molecule has 2 aromatic carbocycles. The monoisotopic (exact) mass is 457 g/mol. The van der Waals surface area contributed by atoms with Crippen LogP contribution in [0.25, 0.3) is 11.1 Å². The van der Waals surface area contributed by atoms with Crippen LogP contribution in [0, 0.1) is 6.92 Å². The van der Waals surface area contributed by atoms with E-state index in [2.05, 4.69) is 10.6 Å². The third kappa shape index (κ3) is 5.34. The first-order valence-electron chi connectivity index (χ1n) is 10.3. The zero-order valence-corrected chi connectivity index (χ0v) is 19.1. The molecule has 1 aliphatic rings. The van der Waals surface area contributed by atoms with Gasteiger partial charge in [0.1, 0.15) is 6.04 Å². The molecule has 0 saturated carbocycles. The molecular weight excluding hydrogens is 430 g/mol. The van der Waals surface area contributed by atoms with Gasteiger partial charge in [0.15, 0.2) is 9.84 Å². The molecule has 9 heteroatoms. The molecule has 1 unspecified atom stereocenters. The minimum absolute atomic E-state index is 0.0385. The summed E-state index contributed by atoms with van der Waals surface area (Å²) in [6.45, 7) is 1.59. The van der Waals surface area contributed by atoms with E-state index < -0.39 is 38.9 Å². The lowest BCUT2D eigenvalue weighted by Crippen LogP contribution is -2.48. The Balaban J connectivity index is 1.68. The highest BCUT2D eigenvalue weighted by Gasteiger charge is 2.43. The molecule has 2 aromatic rings. The molecule has 3 rings (SSSR count). The molecule has 0 aromatic heterocycles. The van der Waals surface area contributed by atoms with Crippen LogP contribution in [-0.2, 0) is 19.4 Å². The van der Waals surface area contributed by atoms with E-state index in [1.165, 1.54) is 11.9 Å². The molecule has 0 radical (unpaired) electrons. The van der Waals surface area contributed by atoms with Crippen molar-refractivity contribution < 1.29 is 22.8 Å². The van der Waals surface area contributed by atoms with Gasteiger partial charge in [0, 0.05) is 25.4 Å². The smallest absolute Gasteiger partial charge is 0.251 e. The summed E-state index contributed by atoms with van der Waals surface area (Å²) in [4.78, 5) is 38.8. The summed E-state index contributed by atoms with van der Waals surface area (Å²) in [5.74, 6) is -1.36. The van der Waals surface area contributed by atoms with Gasteiger partial charge >= 0.3 is 0 Å². The number of likely N-dealkylation sites (tertiary alicyclic amines) is 1. The zero-order valence-electron chi connectivity index (χ0n) is 18.3. The van der Waals surface area contributed by atoms with Gasteiger partial charge in [0.2, 0.25) is 11.8 Å². The van der Waals surface area contributed by atoms with Crippen molar-refractivity contribution in [1.82, 2.24) is 15.5 Å². The van der Waals surface area contributed by atoms with E-state index in [1.807, 2.05) is 37.3 Å². The van der Waals surface area contributed by atoms with Crippen molar-refractivity contribution in [2.75, 3.05) is 26.4 Å². The minimum atomic E-state index is -3.41. The Morgan fingerprint density at radius 1 is 1.06 bits per heavy atom. The van der Waals surface area contributed by atoms with Crippen LogP contribution in [0.4, 0.5) is 0 Å². The SMILES string of the molecule is CNC(=O)[C@@H]1CC(S(C)(=O)=O)CN1C(=O)CNC(=O)c1cccc(-c2ccc(C)cc2)c1. The molecule has 1 fully saturated rings. The van der Waals surface area contributed by atoms with Crippen LogP contribution < -0.4 is 10.6 Å². The van der Waals surface area contributed by atoms with E-state index >= 15 is 0 Å². The zero-order chi connectivity index (χ0) is 23.5. The number of nitrogens with one attached hydrogen (secondary N) is 2. The van der Waals surface area contributed by atoms with Crippen LogP contribution in [0.5, 0.6) is 0 Å². The second-order valence-electron chi connectivity index (χ2n) is 7.99. The summed E-state index contributed by atoms with van der Waals surface area (Å²) in [5.41, 5.74) is 3.38. The molecule has 32 heavy (non-hydrogen) atoms. The van der Waals surface area contributed by atoms with Crippen molar-refractivity contribution in [1.29, 1.82) is 0 Å². The van der Waals surface area contributed by atoms with Crippen molar-refractivity contribution >= 4 is 27.6 Å². The van der Waals surface area contributed by atoms with Gasteiger partial charge in [0.05, 0.1) is 11.8 Å². The molecule has 1 aliphatic heterocycles. The third-order valence-electron chi connectivity index (χ3n) is 5.65. The predicted molar refractivity (Wildman–Crippen MR) is 122 cm³/mol. The van der Waals surface area contributed by atoms with Gasteiger partial charge in [-0.2, -0.15) is 0 Å². The first kappa shape index (κ1) is 23.5. The molecule has 0 bridgehead atoms. The van der Waals surface area contributed by atoms with Crippen LogP contribution in [0.15, 0.2) is 48.5 Å². The molecule has 8 nitrogen and oxygen atoms in total. The van der Waals surface area contributed by atoms with E-state index in [1.54, 1.807) is 18.2 Å². The first-order valence-corrected chi connectivity index (χ1v) is 12.2. The van der Waals surface area contributed by atoms with Crippen molar-refractivity contribution in [3.8, 4) is 11.1 Å². The molecular formula is C23H27N3O5S. The normalized spacial score (nSPS) is 18.3. The maximum Gasteiger partial charge on any atom is 0.251 e. The molecule has 2 atom stereocenters. The lowest BCUT2D eigenvalue weighted by Gasteiger charge is -2.23. The highest BCUT2D eigenvalue weighted by atomic mass is 32.2. The Morgan fingerprint density at radius 2 is 1.75 bits per heavy atom. The summed E-state index contributed by atoms with van der Waals surface area (Å²) in [7, 11) is -1.98. The number of carbonyl (C=O) groups is 3. The van der Waals surface area contributed by atoms with Crippen LogP contribution in [-0.4, -0.2) is 68.7 Å². The van der Waals surface area contributed by atoms with E-state index in [0.29, 0.717) is 5.56 Å². The Bertz CT molecular complexity index is 1130. The van der Waals surface area contributed by atoms with Gasteiger partial charge in [-0.05, 0) is 36.6 Å². The summed E-state index contributed by atoms with van der Waals surface area (Å²) < 4.78 is 23.9. The fraction of sp³-hybridized carbons (Fsp3) is 0.348. The second kappa shape index (κ2) is 9.52. The average Bonchev–Trinajstić information content (AvgIpc) is 3.23. The van der Waals surface area contributed by atoms with Crippen molar-refractivity contribution in [3.05, 3.63) is 59.7 Å².